The largest absolute Gasteiger partial charge is 0.350 e. The lowest BCUT2D eigenvalue weighted by Crippen LogP contribution is -2.56. The summed E-state index contributed by atoms with van der Waals surface area (Å²) < 4.78 is 0. The van der Waals surface area contributed by atoms with Crippen molar-refractivity contribution < 1.29 is 9.59 Å². The van der Waals surface area contributed by atoms with E-state index in [1.165, 1.54) is 24.2 Å². The first-order valence-electron chi connectivity index (χ1n) is 9.93. The summed E-state index contributed by atoms with van der Waals surface area (Å²) in [6.07, 6.45) is 4.14. The fraction of sp³-hybridized carbons (Fsp3) is 0.700. The number of fused-ring (bicyclic) bond motifs is 2. The van der Waals surface area contributed by atoms with Gasteiger partial charge in [0.25, 0.3) is 5.91 Å². The summed E-state index contributed by atoms with van der Waals surface area (Å²) in [5, 5.41) is 5.31. The minimum absolute atomic E-state index is 0.103. The molecule has 2 amide bonds. The maximum atomic E-state index is 12.6. The smallest absolute Gasteiger partial charge is 0.263 e. The minimum atomic E-state index is -0.103. The Hall–Kier alpha value is -1.40. The predicted octanol–water partition coefficient (Wildman–Crippen LogP) is 2.59. The highest BCUT2D eigenvalue weighted by Crippen LogP contribution is 2.44. The average molecular weight is 376 g/mol. The van der Waals surface area contributed by atoms with Crippen LogP contribution in [-0.4, -0.2) is 59.4 Å². The summed E-state index contributed by atoms with van der Waals surface area (Å²) >= 11 is 1.50. The van der Waals surface area contributed by atoms with Crippen LogP contribution in [0.2, 0.25) is 0 Å². The second-order valence-corrected chi connectivity index (χ2v) is 9.17. The van der Waals surface area contributed by atoms with Crippen molar-refractivity contribution in [2.75, 3.05) is 26.2 Å². The van der Waals surface area contributed by atoms with E-state index in [4.69, 9.17) is 0 Å². The average Bonchev–Trinajstić information content (AvgIpc) is 3.35. The van der Waals surface area contributed by atoms with Crippen LogP contribution in [0.1, 0.15) is 49.2 Å². The Kier molecular flexibility index (Phi) is 4.82. The van der Waals surface area contributed by atoms with Gasteiger partial charge in [-0.2, -0.15) is 0 Å². The Labute approximate surface area is 159 Å². The Bertz CT molecular complexity index is 667. The van der Waals surface area contributed by atoms with Crippen LogP contribution >= 0.6 is 11.3 Å². The molecule has 1 spiro atoms. The van der Waals surface area contributed by atoms with Crippen molar-refractivity contribution in [3.8, 4) is 0 Å². The molecule has 1 N–H and O–H groups in total. The zero-order chi connectivity index (χ0) is 18.3. The van der Waals surface area contributed by atoms with E-state index in [0.717, 1.165) is 43.9 Å². The summed E-state index contributed by atoms with van der Waals surface area (Å²) in [6, 6.07) is 4.38. The van der Waals surface area contributed by atoms with Crippen LogP contribution in [0.25, 0.3) is 0 Å². The maximum Gasteiger partial charge on any atom is 0.263 e. The highest BCUT2D eigenvalue weighted by molar-refractivity contribution is 7.12. The molecule has 3 saturated heterocycles. The molecule has 0 saturated carbocycles. The highest BCUT2D eigenvalue weighted by atomic mass is 32.1. The maximum absolute atomic E-state index is 12.6. The van der Waals surface area contributed by atoms with Gasteiger partial charge in [0.2, 0.25) is 5.91 Å². The first-order valence-corrected chi connectivity index (χ1v) is 10.8. The molecule has 1 aromatic heterocycles. The van der Waals surface area contributed by atoms with Crippen LogP contribution in [0.5, 0.6) is 0 Å². The van der Waals surface area contributed by atoms with Crippen LogP contribution in [-0.2, 0) is 4.79 Å². The van der Waals surface area contributed by atoms with Crippen LogP contribution in [0.3, 0.4) is 0 Å². The molecule has 0 aliphatic carbocycles. The van der Waals surface area contributed by atoms with Crippen LogP contribution in [0.4, 0.5) is 0 Å². The summed E-state index contributed by atoms with van der Waals surface area (Å²) in [7, 11) is 0. The van der Waals surface area contributed by atoms with Crippen LogP contribution < -0.4 is 5.32 Å². The van der Waals surface area contributed by atoms with Gasteiger partial charge in [-0.1, -0.05) is 19.4 Å². The molecule has 4 heterocycles. The molecule has 3 aliphatic heterocycles. The second kappa shape index (κ2) is 6.97. The van der Waals surface area contributed by atoms with E-state index in [0.29, 0.717) is 12.0 Å². The van der Waals surface area contributed by atoms with E-state index in [2.05, 4.69) is 24.1 Å². The van der Waals surface area contributed by atoms with E-state index < -0.39 is 0 Å². The topological polar surface area (TPSA) is 52.7 Å². The van der Waals surface area contributed by atoms with Gasteiger partial charge in [-0.15, -0.1) is 11.3 Å². The Morgan fingerprint density at radius 2 is 2.15 bits per heavy atom. The molecule has 26 heavy (non-hydrogen) atoms. The number of rotatable bonds is 4. The van der Waals surface area contributed by atoms with Gasteiger partial charge in [0, 0.05) is 43.7 Å². The molecule has 5 nitrogen and oxygen atoms in total. The molecule has 0 unspecified atom stereocenters. The van der Waals surface area contributed by atoms with Crippen molar-refractivity contribution in [1.29, 1.82) is 0 Å². The first-order chi connectivity index (χ1) is 12.5. The lowest BCUT2D eigenvalue weighted by molar-refractivity contribution is -0.123. The number of thiophene rings is 1. The van der Waals surface area contributed by atoms with Crippen molar-refractivity contribution in [2.45, 2.75) is 51.1 Å². The molecule has 0 aromatic carbocycles. The lowest BCUT2D eigenvalue weighted by atomic mass is 9.75. The van der Waals surface area contributed by atoms with Crippen molar-refractivity contribution in [2.24, 2.45) is 11.8 Å². The Morgan fingerprint density at radius 3 is 2.81 bits per heavy atom. The molecule has 6 heteroatoms. The van der Waals surface area contributed by atoms with Gasteiger partial charge >= 0.3 is 0 Å². The lowest BCUT2D eigenvalue weighted by Gasteiger charge is -2.43. The normalized spacial score (nSPS) is 29.0. The number of nitrogens with one attached hydrogen (secondary N) is 1. The van der Waals surface area contributed by atoms with Gasteiger partial charge in [0.15, 0.2) is 0 Å². The molecule has 4 rings (SSSR count). The summed E-state index contributed by atoms with van der Waals surface area (Å²) in [6.45, 7) is 7.91. The van der Waals surface area contributed by atoms with Crippen LogP contribution in [0, 0.1) is 11.8 Å². The van der Waals surface area contributed by atoms with Crippen molar-refractivity contribution >= 4 is 23.2 Å². The van der Waals surface area contributed by atoms with Crippen molar-refractivity contribution in [1.82, 2.24) is 15.1 Å². The van der Waals surface area contributed by atoms with Crippen molar-refractivity contribution in [3.05, 3.63) is 22.4 Å². The fourth-order valence-corrected chi connectivity index (χ4v) is 5.90. The molecule has 3 aliphatic rings. The number of likely N-dealkylation sites (tertiary alicyclic amines) is 2. The van der Waals surface area contributed by atoms with E-state index >= 15 is 0 Å². The van der Waals surface area contributed by atoms with E-state index in [-0.39, 0.29) is 23.3 Å². The van der Waals surface area contributed by atoms with Gasteiger partial charge in [-0.25, -0.2) is 0 Å². The van der Waals surface area contributed by atoms with Gasteiger partial charge in [0.1, 0.15) is 0 Å². The summed E-state index contributed by atoms with van der Waals surface area (Å²) in [5.74, 6) is 0.904. The van der Waals surface area contributed by atoms with Crippen LogP contribution in [0.15, 0.2) is 17.5 Å². The first kappa shape index (κ1) is 18.0. The SMILES string of the molecule is CCC[C@@H](C)N1C[C@H]2C(=O)NC3(CCN(C(=O)c4cccs4)CC3)[C@H]2C1. The van der Waals surface area contributed by atoms with E-state index in [9.17, 15) is 9.59 Å². The number of piperidine rings is 1. The molecule has 0 radical (unpaired) electrons. The molecule has 3 atom stereocenters. The van der Waals surface area contributed by atoms with E-state index in [1.807, 2.05) is 22.4 Å². The number of carbonyl (C=O) groups is 2. The van der Waals surface area contributed by atoms with Gasteiger partial charge in [-0.3, -0.25) is 14.5 Å². The van der Waals surface area contributed by atoms with Gasteiger partial charge in [-0.05, 0) is 37.6 Å². The van der Waals surface area contributed by atoms with Gasteiger partial charge < -0.3 is 10.2 Å². The molecule has 1 aromatic rings. The third-order valence-electron chi connectivity index (χ3n) is 6.77. The third kappa shape index (κ3) is 2.97. The number of amides is 2. The molecule has 0 bridgehead atoms. The number of nitrogens with zero attached hydrogens (tertiary/aromatic N) is 2. The fourth-order valence-electron chi connectivity index (χ4n) is 5.21. The highest BCUT2D eigenvalue weighted by Gasteiger charge is 2.57. The summed E-state index contributed by atoms with van der Waals surface area (Å²) in [4.78, 5) is 30.5. The Balaban J connectivity index is 1.43. The number of hydrogen-bond donors (Lipinski definition) is 1. The third-order valence-corrected chi connectivity index (χ3v) is 7.63. The zero-order valence-electron chi connectivity index (χ0n) is 15.7. The Morgan fingerprint density at radius 1 is 1.38 bits per heavy atom. The zero-order valence-corrected chi connectivity index (χ0v) is 16.6. The van der Waals surface area contributed by atoms with Gasteiger partial charge in [0.05, 0.1) is 10.8 Å². The van der Waals surface area contributed by atoms with Crippen molar-refractivity contribution in [3.63, 3.8) is 0 Å². The quantitative estimate of drug-likeness (QED) is 0.880. The molecular weight excluding hydrogens is 346 g/mol. The number of hydrogen-bond acceptors (Lipinski definition) is 4. The molecular formula is C20H29N3O2S. The summed E-state index contributed by atoms with van der Waals surface area (Å²) in [5.41, 5.74) is -0.103. The monoisotopic (exact) mass is 375 g/mol. The molecule has 142 valence electrons. The number of carbonyl (C=O) groups excluding carboxylic acids is 2. The predicted molar refractivity (Wildman–Crippen MR) is 103 cm³/mol. The molecule has 3 fully saturated rings. The second-order valence-electron chi connectivity index (χ2n) is 8.22. The van der Waals surface area contributed by atoms with E-state index in [1.54, 1.807) is 0 Å². The standard InChI is InChI=1S/C20H29N3O2S/c1-3-5-14(2)23-12-15-16(13-23)20(21-18(15)24)7-9-22(10-8-20)19(25)17-6-4-11-26-17/h4,6,11,14-16H,3,5,7-10,12-13H2,1-2H3,(H,21,24)/t14-,15-,16+/m1/s1. The minimum Gasteiger partial charge on any atom is -0.350 e.